The van der Waals surface area contributed by atoms with Crippen LogP contribution in [0.5, 0.6) is 0 Å². The van der Waals surface area contributed by atoms with Gasteiger partial charge in [-0.1, -0.05) is 44.2 Å². The first-order valence-electron chi connectivity index (χ1n) is 9.61. The Labute approximate surface area is 175 Å². The first-order chi connectivity index (χ1) is 14.1. The summed E-state index contributed by atoms with van der Waals surface area (Å²) in [6, 6.07) is 4.43. The molecule has 10 heteroatoms. The Bertz CT molecular complexity index is 740. The molecule has 4 atom stereocenters. The van der Waals surface area contributed by atoms with Crippen molar-refractivity contribution < 1.29 is 29.4 Å². The molecule has 0 saturated heterocycles. The Morgan fingerprint density at radius 3 is 1.97 bits per heavy atom. The van der Waals surface area contributed by atoms with Crippen LogP contribution in [0.2, 0.25) is 0 Å². The standard InChI is InChI=1S/C20H30N4O6/c1-11(2)16(21)19(28)22-12(3)17(26)23-14(9-13-7-5-4-6-8-13)18(27)24-15(10-25)20(29)30/h4-8,11-12,14-16,25H,9-10,21H2,1-3H3,(H,22,28)(H,23,26)(H,24,27)(H,29,30). The highest BCUT2D eigenvalue weighted by molar-refractivity contribution is 5.94. The smallest absolute Gasteiger partial charge is 0.328 e. The minimum atomic E-state index is -1.51. The molecule has 7 N–H and O–H groups in total. The van der Waals surface area contributed by atoms with Crippen LogP contribution < -0.4 is 21.7 Å². The van der Waals surface area contributed by atoms with Crippen molar-refractivity contribution in [1.82, 2.24) is 16.0 Å². The summed E-state index contributed by atoms with van der Waals surface area (Å²) in [5.74, 6) is -3.43. The van der Waals surface area contributed by atoms with Gasteiger partial charge < -0.3 is 31.9 Å². The molecule has 0 aromatic heterocycles. The molecule has 0 fully saturated rings. The Balaban J connectivity index is 2.90. The lowest BCUT2D eigenvalue weighted by molar-refractivity contribution is -0.143. The van der Waals surface area contributed by atoms with Crippen molar-refractivity contribution >= 4 is 23.7 Å². The summed E-state index contributed by atoms with van der Waals surface area (Å²) in [4.78, 5) is 48.3. The highest BCUT2D eigenvalue weighted by Crippen LogP contribution is 2.05. The summed E-state index contributed by atoms with van der Waals surface area (Å²) in [7, 11) is 0. The van der Waals surface area contributed by atoms with Gasteiger partial charge in [0.15, 0.2) is 0 Å². The molecule has 1 aromatic carbocycles. The maximum atomic E-state index is 12.6. The normalized spacial score (nSPS) is 14.9. The second-order valence-electron chi connectivity index (χ2n) is 7.33. The first kappa shape index (κ1) is 25.1. The van der Waals surface area contributed by atoms with E-state index in [1.807, 2.05) is 0 Å². The topological polar surface area (TPSA) is 171 Å². The van der Waals surface area contributed by atoms with Crippen LogP contribution in [0.25, 0.3) is 0 Å². The SMILES string of the molecule is CC(NC(=O)C(N)C(C)C)C(=O)NC(Cc1ccccc1)C(=O)NC(CO)C(=O)O. The number of hydrogen-bond donors (Lipinski definition) is 6. The van der Waals surface area contributed by atoms with E-state index >= 15 is 0 Å². The molecule has 166 valence electrons. The molecule has 0 saturated carbocycles. The summed E-state index contributed by atoms with van der Waals surface area (Å²) in [5, 5.41) is 25.4. The molecule has 0 bridgehead atoms. The van der Waals surface area contributed by atoms with Crippen LogP contribution in [0.1, 0.15) is 26.3 Å². The third kappa shape index (κ3) is 7.80. The molecule has 1 rings (SSSR count). The van der Waals surface area contributed by atoms with Crippen molar-refractivity contribution in [1.29, 1.82) is 0 Å². The predicted molar refractivity (Wildman–Crippen MR) is 109 cm³/mol. The molecule has 0 aliphatic heterocycles. The van der Waals surface area contributed by atoms with Crippen molar-refractivity contribution in [2.45, 2.75) is 51.4 Å². The Hall–Kier alpha value is -2.98. The fourth-order valence-electron chi connectivity index (χ4n) is 2.49. The summed E-state index contributed by atoms with van der Waals surface area (Å²) in [5.41, 5.74) is 6.50. The van der Waals surface area contributed by atoms with Crippen LogP contribution in [0.4, 0.5) is 0 Å². The second kappa shape index (κ2) is 11.9. The number of carboxylic acid groups (broad SMARTS) is 1. The molecule has 1 aromatic rings. The number of carbonyl (C=O) groups is 4. The zero-order valence-electron chi connectivity index (χ0n) is 17.3. The van der Waals surface area contributed by atoms with Crippen LogP contribution in [0, 0.1) is 5.92 Å². The molecular weight excluding hydrogens is 392 g/mol. The Morgan fingerprint density at radius 2 is 1.47 bits per heavy atom. The number of aliphatic carboxylic acids is 1. The van der Waals surface area contributed by atoms with Gasteiger partial charge in [0.05, 0.1) is 12.6 Å². The average molecular weight is 422 g/mol. The van der Waals surface area contributed by atoms with Crippen molar-refractivity contribution in [3.63, 3.8) is 0 Å². The van der Waals surface area contributed by atoms with E-state index in [0.29, 0.717) is 0 Å². The van der Waals surface area contributed by atoms with E-state index in [9.17, 15) is 19.2 Å². The molecule has 30 heavy (non-hydrogen) atoms. The van der Waals surface area contributed by atoms with Crippen molar-refractivity contribution in [2.24, 2.45) is 11.7 Å². The van der Waals surface area contributed by atoms with Crippen molar-refractivity contribution in [2.75, 3.05) is 6.61 Å². The number of hydrogen-bond acceptors (Lipinski definition) is 6. The van der Waals surface area contributed by atoms with E-state index in [0.717, 1.165) is 5.56 Å². The summed E-state index contributed by atoms with van der Waals surface area (Å²) >= 11 is 0. The minimum Gasteiger partial charge on any atom is -0.480 e. The van der Waals surface area contributed by atoms with Crippen molar-refractivity contribution in [3.8, 4) is 0 Å². The monoisotopic (exact) mass is 422 g/mol. The number of carbonyl (C=O) groups excluding carboxylic acids is 3. The zero-order valence-corrected chi connectivity index (χ0v) is 17.3. The van der Waals surface area contributed by atoms with Gasteiger partial charge in [0.2, 0.25) is 17.7 Å². The van der Waals surface area contributed by atoms with Crippen LogP contribution in [0.3, 0.4) is 0 Å². The van der Waals surface area contributed by atoms with Crippen molar-refractivity contribution in [3.05, 3.63) is 35.9 Å². The largest absolute Gasteiger partial charge is 0.480 e. The van der Waals surface area contributed by atoms with Gasteiger partial charge in [0, 0.05) is 6.42 Å². The molecular formula is C20H30N4O6. The van der Waals surface area contributed by atoms with Gasteiger partial charge in [-0.25, -0.2) is 4.79 Å². The number of nitrogens with one attached hydrogen (secondary N) is 3. The molecule has 0 heterocycles. The summed E-state index contributed by atoms with van der Waals surface area (Å²) < 4.78 is 0. The van der Waals surface area contributed by atoms with E-state index in [4.69, 9.17) is 15.9 Å². The zero-order chi connectivity index (χ0) is 22.8. The number of rotatable bonds is 11. The number of carboxylic acids is 1. The lowest BCUT2D eigenvalue weighted by Crippen LogP contribution is -2.57. The fourth-order valence-corrected chi connectivity index (χ4v) is 2.49. The van der Waals surface area contributed by atoms with Crippen LogP contribution in [-0.2, 0) is 25.6 Å². The van der Waals surface area contributed by atoms with E-state index in [2.05, 4.69) is 16.0 Å². The predicted octanol–water partition coefficient (Wildman–Crippen LogP) is -1.24. The van der Waals surface area contributed by atoms with Gasteiger partial charge in [0.25, 0.3) is 0 Å². The number of nitrogens with two attached hydrogens (primary N) is 1. The highest BCUT2D eigenvalue weighted by Gasteiger charge is 2.29. The Morgan fingerprint density at radius 1 is 0.900 bits per heavy atom. The number of aliphatic hydroxyl groups is 1. The fraction of sp³-hybridized carbons (Fsp3) is 0.500. The van der Waals surface area contributed by atoms with Gasteiger partial charge in [0.1, 0.15) is 18.1 Å². The van der Waals surface area contributed by atoms with Crippen LogP contribution in [-0.4, -0.2) is 64.7 Å². The van der Waals surface area contributed by atoms with Gasteiger partial charge in [-0.05, 0) is 18.4 Å². The lowest BCUT2D eigenvalue weighted by Gasteiger charge is -2.24. The molecule has 0 radical (unpaired) electrons. The van der Waals surface area contributed by atoms with Crippen LogP contribution >= 0.6 is 0 Å². The molecule has 0 aliphatic rings. The number of aliphatic hydroxyl groups excluding tert-OH is 1. The van der Waals surface area contributed by atoms with E-state index < -0.39 is 54.5 Å². The minimum absolute atomic E-state index is 0.0857. The third-order valence-corrected chi connectivity index (χ3v) is 4.49. The second-order valence-corrected chi connectivity index (χ2v) is 7.33. The molecule has 3 amide bonds. The lowest BCUT2D eigenvalue weighted by atomic mass is 10.0. The van der Waals surface area contributed by atoms with Gasteiger partial charge in [-0.2, -0.15) is 0 Å². The maximum Gasteiger partial charge on any atom is 0.328 e. The average Bonchev–Trinajstić information content (AvgIpc) is 2.70. The van der Waals surface area contributed by atoms with Gasteiger partial charge >= 0.3 is 5.97 Å². The highest BCUT2D eigenvalue weighted by atomic mass is 16.4. The third-order valence-electron chi connectivity index (χ3n) is 4.49. The Kier molecular flexibility index (Phi) is 9.93. The number of benzene rings is 1. The van der Waals surface area contributed by atoms with Crippen LogP contribution in [0.15, 0.2) is 30.3 Å². The molecule has 0 spiro atoms. The maximum absolute atomic E-state index is 12.6. The molecule has 4 unspecified atom stereocenters. The van der Waals surface area contributed by atoms with E-state index in [-0.39, 0.29) is 12.3 Å². The summed E-state index contributed by atoms with van der Waals surface area (Å²) in [6.45, 7) is 4.20. The van der Waals surface area contributed by atoms with Gasteiger partial charge in [-0.3, -0.25) is 14.4 Å². The van der Waals surface area contributed by atoms with E-state index in [1.165, 1.54) is 6.92 Å². The molecule has 10 nitrogen and oxygen atoms in total. The summed E-state index contributed by atoms with van der Waals surface area (Å²) in [6.07, 6.45) is 0.0857. The van der Waals surface area contributed by atoms with E-state index in [1.54, 1.807) is 44.2 Å². The quantitative estimate of drug-likeness (QED) is 0.259. The first-order valence-corrected chi connectivity index (χ1v) is 9.61. The van der Waals surface area contributed by atoms with Gasteiger partial charge in [-0.15, -0.1) is 0 Å². The molecule has 0 aliphatic carbocycles. The number of amides is 3.